The standard InChI is InChI=1S/C16H18N6O3S/c1-24-10-5-4-9(6-11(10)25-2)20-12(23)7-22-13-14(17)18-8-19-15(13)21-16(22)26-3/h4-6,8H,7H2,1-3H3,(H,20,23)(H2,17,18,19). The van der Waals surface area contributed by atoms with Crippen molar-refractivity contribution in [3.8, 4) is 11.5 Å². The Bertz CT molecular complexity index is 959. The van der Waals surface area contributed by atoms with E-state index < -0.39 is 0 Å². The molecule has 0 aliphatic heterocycles. The number of hydrogen-bond acceptors (Lipinski definition) is 8. The smallest absolute Gasteiger partial charge is 0.244 e. The number of methoxy groups -OCH3 is 2. The Labute approximate surface area is 153 Å². The van der Waals surface area contributed by atoms with Gasteiger partial charge in [0.05, 0.1) is 14.2 Å². The van der Waals surface area contributed by atoms with E-state index in [4.69, 9.17) is 15.2 Å². The number of benzene rings is 1. The first-order chi connectivity index (χ1) is 12.6. The van der Waals surface area contributed by atoms with Crippen LogP contribution in [0.1, 0.15) is 0 Å². The van der Waals surface area contributed by atoms with Crippen molar-refractivity contribution < 1.29 is 14.3 Å². The van der Waals surface area contributed by atoms with Gasteiger partial charge in [-0.15, -0.1) is 0 Å². The number of fused-ring (bicyclic) bond motifs is 1. The fourth-order valence-electron chi connectivity index (χ4n) is 2.53. The van der Waals surface area contributed by atoms with Crippen LogP contribution in [0.25, 0.3) is 11.2 Å². The molecule has 2 aromatic heterocycles. The van der Waals surface area contributed by atoms with Gasteiger partial charge in [-0.3, -0.25) is 4.79 Å². The zero-order valence-electron chi connectivity index (χ0n) is 14.5. The average Bonchev–Trinajstić information content (AvgIpc) is 3.00. The Morgan fingerprint density at radius 2 is 2.04 bits per heavy atom. The monoisotopic (exact) mass is 374 g/mol. The molecule has 3 aromatic rings. The molecule has 0 unspecified atom stereocenters. The van der Waals surface area contributed by atoms with E-state index in [0.29, 0.717) is 33.5 Å². The maximum absolute atomic E-state index is 12.5. The van der Waals surface area contributed by atoms with Crippen LogP contribution in [0.4, 0.5) is 11.5 Å². The van der Waals surface area contributed by atoms with E-state index in [2.05, 4.69) is 20.3 Å². The first-order valence-electron chi connectivity index (χ1n) is 7.60. The quantitative estimate of drug-likeness (QED) is 0.627. The van der Waals surface area contributed by atoms with Crippen molar-refractivity contribution in [2.24, 2.45) is 0 Å². The summed E-state index contributed by atoms with van der Waals surface area (Å²) >= 11 is 1.40. The third-order valence-corrected chi connectivity index (χ3v) is 4.36. The Morgan fingerprint density at radius 1 is 1.27 bits per heavy atom. The Kier molecular flexibility index (Phi) is 5.12. The van der Waals surface area contributed by atoms with Crippen LogP contribution in [0.2, 0.25) is 0 Å². The summed E-state index contributed by atoms with van der Waals surface area (Å²) < 4.78 is 12.1. The summed E-state index contributed by atoms with van der Waals surface area (Å²) in [5.41, 5.74) is 7.53. The van der Waals surface area contributed by atoms with E-state index in [1.165, 1.54) is 25.2 Å². The maximum Gasteiger partial charge on any atom is 0.244 e. The molecular weight excluding hydrogens is 356 g/mol. The highest BCUT2D eigenvalue weighted by atomic mass is 32.2. The third kappa shape index (κ3) is 3.36. The number of ether oxygens (including phenoxy) is 2. The molecule has 3 N–H and O–H groups in total. The van der Waals surface area contributed by atoms with Gasteiger partial charge in [-0.1, -0.05) is 11.8 Å². The molecule has 0 saturated heterocycles. The first kappa shape index (κ1) is 17.8. The Balaban J connectivity index is 1.86. The molecule has 0 saturated carbocycles. The van der Waals surface area contributed by atoms with E-state index >= 15 is 0 Å². The SMILES string of the molecule is COc1ccc(NC(=O)Cn2c(SC)nc3ncnc(N)c32)cc1OC. The van der Waals surface area contributed by atoms with Crippen molar-refractivity contribution in [3.63, 3.8) is 0 Å². The molecule has 0 aliphatic carbocycles. The van der Waals surface area contributed by atoms with Crippen LogP contribution >= 0.6 is 11.8 Å². The van der Waals surface area contributed by atoms with Crippen LogP contribution in [0.5, 0.6) is 11.5 Å². The molecule has 0 fully saturated rings. The summed E-state index contributed by atoms with van der Waals surface area (Å²) in [7, 11) is 3.09. The van der Waals surface area contributed by atoms with Gasteiger partial charge in [-0.05, 0) is 18.4 Å². The molecule has 10 heteroatoms. The molecule has 0 spiro atoms. The van der Waals surface area contributed by atoms with Crippen molar-refractivity contribution in [1.82, 2.24) is 19.5 Å². The van der Waals surface area contributed by atoms with Crippen LogP contribution < -0.4 is 20.5 Å². The van der Waals surface area contributed by atoms with Gasteiger partial charge in [0.25, 0.3) is 0 Å². The van der Waals surface area contributed by atoms with Crippen molar-refractivity contribution >= 4 is 40.3 Å². The normalized spacial score (nSPS) is 10.7. The number of nitrogens with zero attached hydrogens (tertiary/aromatic N) is 4. The van der Waals surface area contributed by atoms with Crippen molar-refractivity contribution in [2.75, 3.05) is 31.5 Å². The van der Waals surface area contributed by atoms with Gasteiger partial charge in [0.15, 0.2) is 28.1 Å². The summed E-state index contributed by atoms with van der Waals surface area (Å²) in [6.07, 6.45) is 3.22. The highest BCUT2D eigenvalue weighted by molar-refractivity contribution is 7.98. The fraction of sp³-hybridized carbons (Fsp3) is 0.250. The zero-order valence-corrected chi connectivity index (χ0v) is 15.3. The van der Waals surface area contributed by atoms with Gasteiger partial charge in [0, 0.05) is 11.8 Å². The van der Waals surface area contributed by atoms with Gasteiger partial charge < -0.3 is 25.1 Å². The third-order valence-electron chi connectivity index (χ3n) is 3.69. The van der Waals surface area contributed by atoms with Crippen LogP contribution in [0, 0.1) is 0 Å². The first-order valence-corrected chi connectivity index (χ1v) is 8.82. The molecule has 3 rings (SSSR count). The number of carbonyl (C=O) groups excluding carboxylic acids is 1. The molecule has 136 valence electrons. The molecule has 0 bridgehead atoms. The molecule has 0 aliphatic rings. The minimum absolute atomic E-state index is 0.0264. The minimum atomic E-state index is -0.241. The molecule has 9 nitrogen and oxygen atoms in total. The fourth-order valence-corrected chi connectivity index (χ4v) is 3.08. The maximum atomic E-state index is 12.5. The van der Waals surface area contributed by atoms with Crippen molar-refractivity contribution in [1.29, 1.82) is 0 Å². The molecular formula is C16H18N6O3S. The lowest BCUT2D eigenvalue weighted by atomic mass is 10.2. The van der Waals surface area contributed by atoms with Crippen molar-refractivity contribution in [3.05, 3.63) is 24.5 Å². The second-order valence-corrected chi connectivity index (χ2v) is 6.01. The molecule has 0 atom stereocenters. The number of nitrogens with one attached hydrogen (secondary N) is 1. The summed E-state index contributed by atoms with van der Waals surface area (Å²) in [6.45, 7) is 0.0264. The Hall–Kier alpha value is -3.01. The summed E-state index contributed by atoms with van der Waals surface area (Å²) in [4.78, 5) is 25.0. The molecule has 1 aromatic carbocycles. The zero-order chi connectivity index (χ0) is 18.7. The van der Waals surface area contributed by atoms with Crippen LogP contribution in [0.15, 0.2) is 29.7 Å². The number of imidazole rings is 1. The van der Waals surface area contributed by atoms with E-state index in [-0.39, 0.29) is 18.3 Å². The highest BCUT2D eigenvalue weighted by Gasteiger charge is 2.17. The largest absolute Gasteiger partial charge is 0.493 e. The lowest BCUT2D eigenvalue weighted by Crippen LogP contribution is -2.19. The number of hydrogen-bond donors (Lipinski definition) is 2. The van der Waals surface area contributed by atoms with Gasteiger partial charge in [0.2, 0.25) is 5.91 Å². The number of thioether (sulfide) groups is 1. The number of nitrogen functional groups attached to an aromatic ring is 1. The highest BCUT2D eigenvalue weighted by Crippen LogP contribution is 2.30. The van der Waals surface area contributed by atoms with Gasteiger partial charge in [-0.25, -0.2) is 15.0 Å². The van der Waals surface area contributed by atoms with E-state index in [1.807, 2.05) is 6.26 Å². The second-order valence-electron chi connectivity index (χ2n) is 5.23. The molecule has 0 radical (unpaired) electrons. The number of nitrogens with two attached hydrogens (primary N) is 1. The molecule has 26 heavy (non-hydrogen) atoms. The second kappa shape index (κ2) is 7.48. The van der Waals surface area contributed by atoms with Gasteiger partial charge in [0.1, 0.15) is 18.4 Å². The van der Waals surface area contributed by atoms with Crippen molar-refractivity contribution in [2.45, 2.75) is 11.7 Å². The van der Waals surface area contributed by atoms with Gasteiger partial charge in [-0.2, -0.15) is 0 Å². The number of carbonyl (C=O) groups is 1. The van der Waals surface area contributed by atoms with E-state index in [0.717, 1.165) is 0 Å². The molecule has 2 heterocycles. The number of aromatic nitrogens is 4. The predicted molar refractivity (Wildman–Crippen MR) is 99.7 cm³/mol. The number of amides is 1. The molecule has 1 amide bonds. The summed E-state index contributed by atoms with van der Waals surface area (Å²) in [5.74, 6) is 1.15. The topological polar surface area (TPSA) is 117 Å². The summed E-state index contributed by atoms with van der Waals surface area (Å²) in [5, 5.41) is 3.46. The summed E-state index contributed by atoms with van der Waals surface area (Å²) in [6, 6.07) is 5.15. The van der Waals surface area contributed by atoms with Crippen LogP contribution in [0.3, 0.4) is 0 Å². The van der Waals surface area contributed by atoms with E-state index in [1.54, 1.807) is 29.9 Å². The lowest BCUT2D eigenvalue weighted by Gasteiger charge is -2.12. The lowest BCUT2D eigenvalue weighted by molar-refractivity contribution is -0.116. The number of rotatable bonds is 6. The van der Waals surface area contributed by atoms with Crippen LogP contribution in [-0.4, -0.2) is 45.9 Å². The minimum Gasteiger partial charge on any atom is -0.493 e. The Morgan fingerprint density at radius 3 is 2.73 bits per heavy atom. The van der Waals surface area contributed by atoms with E-state index in [9.17, 15) is 4.79 Å². The average molecular weight is 374 g/mol. The predicted octanol–water partition coefficient (Wildman–Crippen LogP) is 1.79. The number of anilines is 2. The van der Waals surface area contributed by atoms with Crippen LogP contribution in [-0.2, 0) is 11.3 Å². The van der Waals surface area contributed by atoms with Gasteiger partial charge >= 0.3 is 0 Å².